The van der Waals surface area contributed by atoms with Gasteiger partial charge in [-0.3, -0.25) is 4.79 Å². The van der Waals surface area contributed by atoms with E-state index < -0.39 is 5.60 Å². The number of carbonyl (C=O) groups is 1. The fraction of sp³-hybridized carbons (Fsp3) is 0.150. The number of aliphatic hydroxyl groups is 1. The summed E-state index contributed by atoms with van der Waals surface area (Å²) in [5.74, 6) is -0.183. The molecule has 0 saturated heterocycles. The molecule has 0 aliphatic heterocycles. The van der Waals surface area contributed by atoms with Crippen molar-refractivity contribution in [3.63, 3.8) is 0 Å². The molecule has 1 atom stereocenters. The number of rotatable bonds is 5. The van der Waals surface area contributed by atoms with Gasteiger partial charge in [0.25, 0.3) is 5.91 Å². The van der Waals surface area contributed by atoms with Crippen LogP contribution in [0.15, 0.2) is 70.5 Å². The molecule has 0 bridgehead atoms. The lowest BCUT2D eigenvalue weighted by Gasteiger charge is -2.24. The normalized spacial score (nSPS) is 13.2. The molecule has 0 saturated carbocycles. The van der Waals surface area contributed by atoms with E-state index in [0.29, 0.717) is 4.88 Å². The summed E-state index contributed by atoms with van der Waals surface area (Å²) >= 11 is 4.70. The average molecular weight is 416 g/mol. The van der Waals surface area contributed by atoms with Crippen LogP contribution < -0.4 is 5.32 Å². The van der Waals surface area contributed by atoms with Gasteiger partial charge in [0.15, 0.2) is 0 Å². The van der Waals surface area contributed by atoms with Crippen molar-refractivity contribution in [2.75, 3.05) is 6.54 Å². The van der Waals surface area contributed by atoms with E-state index in [1.54, 1.807) is 13.0 Å². The smallest absolute Gasteiger partial charge is 0.261 e. The molecule has 3 nitrogen and oxygen atoms in total. The van der Waals surface area contributed by atoms with Crippen LogP contribution in [-0.4, -0.2) is 17.6 Å². The minimum atomic E-state index is -1.14. The summed E-state index contributed by atoms with van der Waals surface area (Å²) in [5, 5.41) is 15.4. The molecule has 1 amide bonds. The number of thiophene rings is 1. The van der Waals surface area contributed by atoms with E-state index >= 15 is 0 Å². The van der Waals surface area contributed by atoms with Gasteiger partial charge in [0.05, 0.1) is 11.4 Å². The Hall–Kier alpha value is -1.95. The molecular weight excluding hydrogens is 398 g/mol. The van der Waals surface area contributed by atoms with Crippen LogP contribution in [0.5, 0.6) is 0 Å². The lowest BCUT2D eigenvalue weighted by atomic mass is 9.93. The number of halogens is 1. The fourth-order valence-electron chi connectivity index (χ4n) is 2.53. The van der Waals surface area contributed by atoms with Crippen molar-refractivity contribution in [1.29, 1.82) is 0 Å². The first-order chi connectivity index (χ1) is 12.0. The molecule has 3 aromatic rings. The van der Waals surface area contributed by atoms with Crippen LogP contribution in [0.4, 0.5) is 0 Å². The number of hydrogen-bond acceptors (Lipinski definition) is 3. The predicted octanol–water partition coefficient (Wildman–Crippen LogP) is 4.82. The predicted molar refractivity (Wildman–Crippen MR) is 106 cm³/mol. The molecule has 0 radical (unpaired) electrons. The molecule has 0 spiro atoms. The molecule has 0 aliphatic carbocycles. The summed E-state index contributed by atoms with van der Waals surface area (Å²) in [5.41, 5.74) is 1.84. The molecule has 2 N–H and O–H groups in total. The second-order valence-corrected chi connectivity index (χ2v) is 7.86. The van der Waals surface area contributed by atoms with E-state index in [9.17, 15) is 9.90 Å². The van der Waals surface area contributed by atoms with E-state index in [4.69, 9.17) is 0 Å². The maximum Gasteiger partial charge on any atom is 0.261 e. The van der Waals surface area contributed by atoms with Crippen molar-refractivity contribution in [2.24, 2.45) is 0 Å². The quantitative estimate of drug-likeness (QED) is 0.627. The van der Waals surface area contributed by atoms with E-state index in [1.165, 1.54) is 11.3 Å². The number of carbonyl (C=O) groups excluding carboxylic acids is 1. The van der Waals surface area contributed by atoms with Crippen molar-refractivity contribution < 1.29 is 9.90 Å². The topological polar surface area (TPSA) is 49.3 Å². The Kier molecular flexibility index (Phi) is 5.37. The SMILES string of the molecule is C[C@](O)(CNC(=O)c1cc(Br)cs1)c1ccc(-c2ccccc2)cc1. The molecule has 3 rings (SSSR count). The standard InChI is InChI=1S/C20H18BrNO2S/c1-20(24,13-22-19(23)18-11-17(21)12-25-18)16-9-7-15(8-10-16)14-5-3-2-4-6-14/h2-12,24H,13H2,1H3,(H,22,23)/t20-/m0/s1. The minimum Gasteiger partial charge on any atom is -0.384 e. The zero-order valence-electron chi connectivity index (χ0n) is 13.7. The van der Waals surface area contributed by atoms with Crippen molar-refractivity contribution in [3.8, 4) is 11.1 Å². The molecule has 0 fully saturated rings. The molecule has 0 aliphatic rings. The molecule has 1 aromatic heterocycles. The van der Waals surface area contributed by atoms with Crippen molar-refractivity contribution in [1.82, 2.24) is 5.32 Å². The van der Waals surface area contributed by atoms with Crippen LogP contribution in [0.2, 0.25) is 0 Å². The molecule has 2 aromatic carbocycles. The van der Waals surface area contributed by atoms with E-state index in [-0.39, 0.29) is 12.5 Å². The Balaban J connectivity index is 1.68. The molecule has 5 heteroatoms. The maximum absolute atomic E-state index is 12.1. The lowest BCUT2D eigenvalue weighted by Crippen LogP contribution is -2.38. The maximum atomic E-state index is 12.1. The molecule has 25 heavy (non-hydrogen) atoms. The van der Waals surface area contributed by atoms with Gasteiger partial charge in [0.1, 0.15) is 5.60 Å². The number of benzene rings is 2. The first-order valence-electron chi connectivity index (χ1n) is 7.86. The lowest BCUT2D eigenvalue weighted by molar-refractivity contribution is 0.0527. The van der Waals surface area contributed by atoms with Crippen LogP contribution in [-0.2, 0) is 5.60 Å². The van der Waals surface area contributed by atoms with E-state index in [1.807, 2.05) is 60.0 Å². The second-order valence-electron chi connectivity index (χ2n) is 6.03. The highest BCUT2D eigenvalue weighted by atomic mass is 79.9. The number of nitrogens with one attached hydrogen (secondary N) is 1. The zero-order chi connectivity index (χ0) is 17.9. The Morgan fingerprint density at radius 3 is 2.36 bits per heavy atom. The first-order valence-corrected chi connectivity index (χ1v) is 9.53. The monoisotopic (exact) mass is 415 g/mol. The summed E-state index contributed by atoms with van der Waals surface area (Å²) in [6, 6.07) is 19.6. The van der Waals surface area contributed by atoms with Gasteiger partial charge in [-0.05, 0) is 45.6 Å². The molecule has 1 heterocycles. The van der Waals surface area contributed by atoms with Crippen LogP contribution in [0.1, 0.15) is 22.2 Å². The highest BCUT2D eigenvalue weighted by molar-refractivity contribution is 9.10. The van der Waals surface area contributed by atoms with Crippen molar-refractivity contribution in [2.45, 2.75) is 12.5 Å². The van der Waals surface area contributed by atoms with Gasteiger partial charge in [0.2, 0.25) is 0 Å². The minimum absolute atomic E-state index is 0.145. The Morgan fingerprint density at radius 1 is 1.12 bits per heavy atom. The van der Waals surface area contributed by atoms with Crippen molar-refractivity contribution in [3.05, 3.63) is 81.0 Å². The highest BCUT2D eigenvalue weighted by Gasteiger charge is 2.24. The number of hydrogen-bond donors (Lipinski definition) is 2. The van der Waals surface area contributed by atoms with E-state index in [0.717, 1.165) is 21.2 Å². The van der Waals surface area contributed by atoms with Gasteiger partial charge in [-0.2, -0.15) is 0 Å². The second kappa shape index (κ2) is 7.52. The Bertz CT molecular complexity index is 857. The molecular formula is C20H18BrNO2S. The van der Waals surface area contributed by atoms with Crippen molar-refractivity contribution >= 4 is 33.2 Å². The van der Waals surface area contributed by atoms with Gasteiger partial charge >= 0.3 is 0 Å². The Morgan fingerprint density at radius 2 is 1.76 bits per heavy atom. The summed E-state index contributed by atoms with van der Waals surface area (Å²) < 4.78 is 0.880. The van der Waals surface area contributed by atoms with Gasteiger partial charge in [0, 0.05) is 9.85 Å². The van der Waals surface area contributed by atoms with Gasteiger partial charge in [-0.15, -0.1) is 11.3 Å². The zero-order valence-corrected chi connectivity index (χ0v) is 16.1. The summed E-state index contributed by atoms with van der Waals surface area (Å²) in [4.78, 5) is 12.8. The largest absolute Gasteiger partial charge is 0.384 e. The third-order valence-corrected chi connectivity index (χ3v) is 5.69. The van der Waals surface area contributed by atoms with Gasteiger partial charge < -0.3 is 10.4 Å². The summed E-state index contributed by atoms with van der Waals surface area (Å²) in [6.07, 6.45) is 0. The highest BCUT2D eigenvalue weighted by Crippen LogP contribution is 2.25. The van der Waals surface area contributed by atoms with Crippen LogP contribution in [0, 0.1) is 0 Å². The fourth-order valence-corrected chi connectivity index (χ4v) is 3.87. The third-order valence-electron chi connectivity index (χ3n) is 4.00. The third kappa shape index (κ3) is 4.37. The average Bonchev–Trinajstić information content (AvgIpc) is 3.07. The van der Waals surface area contributed by atoms with Gasteiger partial charge in [-0.1, -0.05) is 54.6 Å². The van der Waals surface area contributed by atoms with Crippen LogP contribution in [0.25, 0.3) is 11.1 Å². The Labute approximate surface area is 159 Å². The molecule has 0 unspecified atom stereocenters. The number of amides is 1. The van der Waals surface area contributed by atoms with Crippen LogP contribution in [0.3, 0.4) is 0 Å². The first kappa shape index (κ1) is 17.9. The van der Waals surface area contributed by atoms with E-state index in [2.05, 4.69) is 21.2 Å². The van der Waals surface area contributed by atoms with Gasteiger partial charge in [-0.25, -0.2) is 0 Å². The molecule has 128 valence electrons. The summed E-state index contributed by atoms with van der Waals surface area (Å²) in [7, 11) is 0. The summed E-state index contributed by atoms with van der Waals surface area (Å²) in [6.45, 7) is 1.85. The van der Waals surface area contributed by atoms with Crippen LogP contribution >= 0.6 is 27.3 Å².